The summed E-state index contributed by atoms with van der Waals surface area (Å²) in [4.78, 5) is 16.0. The Hall–Kier alpha value is -2.71. The summed E-state index contributed by atoms with van der Waals surface area (Å²) < 4.78 is 27.3. The minimum atomic E-state index is -4.05. The van der Waals surface area contributed by atoms with Gasteiger partial charge in [0.15, 0.2) is 5.65 Å². The molecule has 0 atom stereocenters. The Kier molecular flexibility index (Phi) is 3.41. The number of H-pyrrole nitrogens is 1. The van der Waals surface area contributed by atoms with Gasteiger partial charge in [-0.05, 0) is 36.8 Å². The second-order valence-corrected chi connectivity index (χ2v) is 7.79. The van der Waals surface area contributed by atoms with Crippen molar-refractivity contribution >= 4 is 38.0 Å². The highest BCUT2D eigenvalue weighted by molar-refractivity contribution is 7.91. The Bertz CT molecular complexity index is 1310. The molecule has 25 heavy (non-hydrogen) atoms. The van der Waals surface area contributed by atoms with Crippen molar-refractivity contribution in [2.24, 2.45) is 0 Å². The zero-order valence-corrected chi connectivity index (χ0v) is 14.5. The number of aromatic amines is 1. The maximum atomic E-state index is 13.0. The monoisotopic (exact) mass is 374 g/mol. The average molecular weight is 375 g/mol. The van der Waals surface area contributed by atoms with Crippen molar-refractivity contribution in [3.05, 3.63) is 63.4 Å². The third-order valence-electron chi connectivity index (χ3n) is 3.87. The SMILES string of the molecule is Cc1ccc(S(=O)(=O)c2n[nH]n3c2nc(=O)c2ccccc23)c(Cl)c1. The highest BCUT2D eigenvalue weighted by Crippen LogP contribution is 2.29. The molecule has 0 bridgehead atoms. The molecule has 4 aromatic rings. The Morgan fingerprint density at radius 1 is 1.16 bits per heavy atom. The van der Waals surface area contributed by atoms with Gasteiger partial charge in [0.25, 0.3) is 5.56 Å². The number of sulfone groups is 1. The van der Waals surface area contributed by atoms with Crippen LogP contribution < -0.4 is 5.56 Å². The first-order chi connectivity index (χ1) is 11.9. The van der Waals surface area contributed by atoms with Crippen LogP contribution in [-0.4, -0.2) is 28.2 Å². The number of para-hydroxylation sites is 1. The van der Waals surface area contributed by atoms with E-state index >= 15 is 0 Å². The van der Waals surface area contributed by atoms with Gasteiger partial charge in [-0.1, -0.05) is 29.8 Å². The number of hydrogen-bond acceptors (Lipinski definition) is 5. The fraction of sp³-hybridized carbons (Fsp3) is 0.0625. The van der Waals surface area contributed by atoms with Crippen molar-refractivity contribution in [1.29, 1.82) is 0 Å². The third-order valence-corrected chi connectivity index (χ3v) is 6.01. The molecule has 0 fully saturated rings. The van der Waals surface area contributed by atoms with Crippen molar-refractivity contribution < 1.29 is 8.42 Å². The smallest absolute Gasteiger partial charge is 0.267 e. The Labute approximate surface area is 146 Å². The molecule has 0 aliphatic carbocycles. The molecular formula is C16H11ClN4O3S. The van der Waals surface area contributed by atoms with Crippen LogP contribution in [0.2, 0.25) is 5.02 Å². The summed E-state index contributed by atoms with van der Waals surface area (Å²) >= 11 is 6.10. The lowest BCUT2D eigenvalue weighted by molar-refractivity contribution is 0.592. The topological polar surface area (TPSA) is 97.2 Å². The summed E-state index contributed by atoms with van der Waals surface area (Å²) in [5, 5.41) is 6.60. The first kappa shape index (κ1) is 15.8. The van der Waals surface area contributed by atoms with Crippen LogP contribution in [0.1, 0.15) is 5.56 Å². The highest BCUT2D eigenvalue weighted by Gasteiger charge is 2.28. The molecule has 4 rings (SSSR count). The summed E-state index contributed by atoms with van der Waals surface area (Å²) in [7, 11) is -4.05. The van der Waals surface area contributed by atoms with Crippen molar-refractivity contribution in [2.75, 3.05) is 0 Å². The van der Waals surface area contributed by atoms with Gasteiger partial charge in [0.05, 0.1) is 20.8 Å². The summed E-state index contributed by atoms with van der Waals surface area (Å²) in [6.07, 6.45) is 0. The van der Waals surface area contributed by atoms with Gasteiger partial charge in [-0.3, -0.25) is 4.79 Å². The van der Waals surface area contributed by atoms with E-state index in [-0.39, 0.29) is 20.6 Å². The van der Waals surface area contributed by atoms with Crippen molar-refractivity contribution in [3.63, 3.8) is 0 Å². The molecule has 0 spiro atoms. The predicted molar refractivity (Wildman–Crippen MR) is 92.8 cm³/mol. The van der Waals surface area contributed by atoms with Gasteiger partial charge in [-0.25, -0.2) is 18.1 Å². The van der Waals surface area contributed by atoms with E-state index in [1.807, 2.05) is 0 Å². The normalized spacial score (nSPS) is 12.1. The van der Waals surface area contributed by atoms with E-state index in [1.165, 1.54) is 10.6 Å². The maximum absolute atomic E-state index is 13.0. The predicted octanol–water partition coefficient (Wildman–Crippen LogP) is 2.37. The largest absolute Gasteiger partial charge is 0.281 e. The number of fused-ring (bicyclic) bond motifs is 3. The third kappa shape index (κ3) is 2.33. The zero-order valence-electron chi connectivity index (χ0n) is 12.9. The lowest BCUT2D eigenvalue weighted by Gasteiger charge is -2.05. The van der Waals surface area contributed by atoms with Gasteiger partial charge in [0.1, 0.15) is 0 Å². The number of hydrogen-bond donors (Lipinski definition) is 1. The molecule has 2 heterocycles. The van der Waals surface area contributed by atoms with Crippen LogP contribution >= 0.6 is 11.6 Å². The lowest BCUT2D eigenvalue weighted by atomic mass is 10.2. The first-order valence-electron chi connectivity index (χ1n) is 7.27. The van der Waals surface area contributed by atoms with Crippen LogP contribution in [0.3, 0.4) is 0 Å². The Balaban J connectivity index is 2.06. The molecule has 7 nitrogen and oxygen atoms in total. The summed E-state index contributed by atoms with van der Waals surface area (Å²) in [5.74, 6) is 0. The van der Waals surface area contributed by atoms with Gasteiger partial charge >= 0.3 is 0 Å². The minimum Gasteiger partial charge on any atom is -0.267 e. The molecule has 126 valence electrons. The van der Waals surface area contributed by atoms with Crippen LogP contribution in [0.15, 0.2) is 57.2 Å². The van der Waals surface area contributed by atoms with Gasteiger partial charge in [0, 0.05) is 0 Å². The summed E-state index contributed by atoms with van der Waals surface area (Å²) in [5.41, 5.74) is 0.724. The van der Waals surface area contributed by atoms with E-state index in [1.54, 1.807) is 43.3 Å². The van der Waals surface area contributed by atoms with Gasteiger partial charge < -0.3 is 0 Å². The van der Waals surface area contributed by atoms with Crippen LogP contribution in [-0.2, 0) is 9.84 Å². The van der Waals surface area contributed by atoms with Crippen molar-refractivity contribution in [1.82, 2.24) is 19.8 Å². The lowest BCUT2D eigenvalue weighted by Crippen LogP contribution is -2.12. The molecular weight excluding hydrogens is 364 g/mol. The molecule has 2 aromatic carbocycles. The molecule has 0 amide bonds. The highest BCUT2D eigenvalue weighted by atomic mass is 35.5. The number of nitrogens with one attached hydrogen (secondary N) is 1. The summed E-state index contributed by atoms with van der Waals surface area (Å²) in [6.45, 7) is 1.81. The van der Waals surface area contributed by atoms with E-state index in [9.17, 15) is 13.2 Å². The molecule has 0 radical (unpaired) electrons. The van der Waals surface area contributed by atoms with Crippen LogP contribution in [0, 0.1) is 6.92 Å². The fourth-order valence-corrected chi connectivity index (χ4v) is 4.52. The Morgan fingerprint density at radius 2 is 1.92 bits per heavy atom. The quantitative estimate of drug-likeness (QED) is 0.581. The number of rotatable bonds is 2. The van der Waals surface area contributed by atoms with Gasteiger partial charge in [0.2, 0.25) is 14.9 Å². The zero-order chi connectivity index (χ0) is 17.8. The molecule has 0 unspecified atom stereocenters. The average Bonchev–Trinajstić information content (AvgIpc) is 2.99. The molecule has 0 aliphatic heterocycles. The second-order valence-electron chi connectivity index (χ2n) is 5.55. The summed E-state index contributed by atoms with van der Waals surface area (Å²) in [6, 6.07) is 11.3. The molecule has 2 aromatic heterocycles. The van der Waals surface area contributed by atoms with E-state index in [0.717, 1.165) is 5.56 Å². The number of halogens is 1. The first-order valence-corrected chi connectivity index (χ1v) is 9.13. The molecule has 0 aliphatic rings. The van der Waals surface area contributed by atoms with E-state index in [0.29, 0.717) is 10.9 Å². The number of aryl methyl sites for hydroxylation is 1. The number of nitrogens with zero attached hydrogens (tertiary/aromatic N) is 3. The van der Waals surface area contributed by atoms with Crippen LogP contribution in [0.5, 0.6) is 0 Å². The molecule has 0 saturated carbocycles. The van der Waals surface area contributed by atoms with E-state index in [2.05, 4.69) is 15.3 Å². The van der Waals surface area contributed by atoms with E-state index < -0.39 is 15.4 Å². The van der Waals surface area contributed by atoms with Crippen molar-refractivity contribution in [2.45, 2.75) is 16.8 Å². The standard InChI is InChI=1S/C16H11ClN4O3S/c1-9-6-7-13(11(17)8-9)25(23,24)16-14-18-15(22)10-4-2-3-5-12(10)21(14)20-19-16/h2-8,20H,1H3. The molecule has 1 N–H and O–H groups in total. The molecule has 0 saturated heterocycles. The minimum absolute atomic E-state index is 0.0691. The van der Waals surface area contributed by atoms with Crippen LogP contribution in [0.4, 0.5) is 0 Å². The van der Waals surface area contributed by atoms with Crippen LogP contribution in [0.25, 0.3) is 16.6 Å². The number of aromatic nitrogens is 4. The maximum Gasteiger partial charge on any atom is 0.281 e. The van der Waals surface area contributed by atoms with E-state index in [4.69, 9.17) is 11.6 Å². The number of benzene rings is 2. The van der Waals surface area contributed by atoms with Gasteiger partial charge in [-0.15, -0.1) is 5.10 Å². The van der Waals surface area contributed by atoms with Gasteiger partial charge in [-0.2, -0.15) is 4.98 Å². The fourth-order valence-electron chi connectivity index (χ4n) is 2.67. The second kappa shape index (κ2) is 5.40. The molecule has 9 heteroatoms. The Morgan fingerprint density at radius 3 is 2.68 bits per heavy atom. The van der Waals surface area contributed by atoms with Crippen molar-refractivity contribution in [3.8, 4) is 0 Å².